The summed E-state index contributed by atoms with van der Waals surface area (Å²) in [5.41, 5.74) is 0.879. The van der Waals surface area contributed by atoms with Crippen LogP contribution in [0.2, 0.25) is 0 Å². The summed E-state index contributed by atoms with van der Waals surface area (Å²) >= 11 is 0. The summed E-state index contributed by atoms with van der Waals surface area (Å²) in [6, 6.07) is -1.14. The molecule has 0 aromatic carbocycles. The molecule has 0 radical (unpaired) electrons. The van der Waals surface area contributed by atoms with Gasteiger partial charge in [-0.05, 0) is 94.5 Å². The number of rotatable bonds is 6. The molecule has 3 heterocycles. The molecule has 1 amide bonds. The van der Waals surface area contributed by atoms with E-state index < -0.39 is 83.9 Å². The summed E-state index contributed by atoms with van der Waals surface area (Å²) in [4.78, 5) is 71.4. The minimum Gasteiger partial charge on any atom is -0.460 e. The third-order valence-corrected chi connectivity index (χ3v) is 14.1. The van der Waals surface area contributed by atoms with Gasteiger partial charge in [0, 0.05) is 58.5 Å². The summed E-state index contributed by atoms with van der Waals surface area (Å²) in [5.74, 6) is -7.95. The van der Waals surface area contributed by atoms with E-state index in [1.165, 1.54) is 24.2 Å². The van der Waals surface area contributed by atoms with Crippen molar-refractivity contribution in [2.75, 3.05) is 27.9 Å². The molecule has 360 valence electrons. The number of aliphatic hydroxyl groups is 3. The number of allylic oxidation sites excluding steroid dienone is 6. The van der Waals surface area contributed by atoms with Gasteiger partial charge < -0.3 is 43.9 Å². The average Bonchev–Trinajstić information content (AvgIpc) is 3.27. The molecule has 14 heteroatoms. The molecule has 3 fully saturated rings. The zero-order chi connectivity index (χ0) is 47.3. The smallest absolute Gasteiger partial charge is 0.329 e. The summed E-state index contributed by atoms with van der Waals surface area (Å²) in [6.07, 6.45) is 12.5. The van der Waals surface area contributed by atoms with Crippen LogP contribution in [0.15, 0.2) is 48.1 Å². The van der Waals surface area contributed by atoms with Crippen LogP contribution in [0.4, 0.5) is 0 Å². The first-order valence-corrected chi connectivity index (χ1v) is 23.5. The highest BCUT2D eigenvalue weighted by Gasteiger charge is 2.53. The Kier molecular flexibility index (Phi) is 20.8. The van der Waals surface area contributed by atoms with Crippen molar-refractivity contribution in [3.8, 4) is 0 Å². The number of aliphatic hydroxyl groups excluding tert-OH is 2. The van der Waals surface area contributed by atoms with E-state index in [1.54, 1.807) is 35.0 Å². The second-order valence-electron chi connectivity index (χ2n) is 19.1. The molecule has 1 saturated carbocycles. The predicted molar refractivity (Wildman–Crippen MR) is 241 cm³/mol. The number of amides is 1. The van der Waals surface area contributed by atoms with Crippen LogP contribution in [0.3, 0.4) is 0 Å². The molecule has 0 aromatic heterocycles. The Labute approximate surface area is 380 Å². The number of methoxy groups -OCH3 is 3. The van der Waals surface area contributed by atoms with Crippen molar-refractivity contribution in [1.82, 2.24) is 4.90 Å². The summed E-state index contributed by atoms with van der Waals surface area (Å²) < 4.78 is 29.2. The first kappa shape index (κ1) is 53.2. The minimum absolute atomic E-state index is 0.0229. The maximum Gasteiger partial charge on any atom is 0.329 e. The standard InChI is InChI=1S/C50H77NO13/c1-30-15-11-10-12-16-32(3)42(60-7)28-37-21-19-35(6)50(59,64-37)47(56)48(57)51-24-14-13-17-38(51)49(58)63-43(33(4)26-36-20-23-39(52)44(27-36)61-8)29-41(54)31(2)18-22-40(53)46(62-9)45(55)34(5)25-30/h10-12,15-16,18,22,30-31,33-40,42-44,46,52-53,59H,13-14,17,19-21,23-29H2,1-9H3/b12-10+,15-11+,22-18+,32-16+/t30-,31-,33-,34-,35-,36?,37+,38?,39-,40-,42+,43+,44-,46-,50-/m1/s1. The molecule has 14 nitrogen and oxygen atoms in total. The fourth-order valence-corrected chi connectivity index (χ4v) is 9.80. The molecule has 2 saturated heterocycles. The van der Waals surface area contributed by atoms with E-state index in [0.29, 0.717) is 57.8 Å². The molecule has 2 unspecified atom stereocenters. The number of carbonyl (C=O) groups is 5. The largest absolute Gasteiger partial charge is 0.460 e. The Balaban J connectivity index is 1.68. The van der Waals surface area contributed by atoms with Crippen molar-refractivity contribution in [3.63, 3.8) is 0 Å². The third kappa shape index (κ3) is 14.1. The van der Waals surface area contributed by atoms with Gasteiger partial charge in [-0.2, -0.15) is 0 Å². The van der Waals surface area contributed by atoms with Crippen LogP contribution in [0.25, 0.3) is 0 Å². The van der Waals surface area contributed by atoms with Gasteiger partial charge in [-0.25, -0.2) is 4.79 Å². The molecule has 15 atom stereocenters. The number of nitrogens with zero attached hydrogens (tertiary/aromatic N) is 1. The third-order valence-electron chi connectivity index (χ3n) is 14.1. The van der Waals surface area contributed by atoms with Gasteiger partial charge in [-0.1, -0.05) is 77.2 Å². The summed E-state index contributed by atoms with van der Waals surface area (Å²) in [6.45, 7) is 11.0. The normalized spacial score (nSPS) is 40.4. The van der Waals surface area contributed by atoms with Gasteiger partial charge in [-0.3, -0.25) is 19.2 Å². The van der Waals surface area contributed by atoms with Crippen LogP contribution in [0.5, 0.6) is 0 Å². The van der Waals surface area contributed by atoms with Crippen LogP contribution in [0, 0.1) is 35.5 Å². The van der Waals surface area contributed by atoms with E-state index in [4.69, 9.17) is 23.7 Å². The van der Waals surface area contributed by atoms with E-state index in [9.17, 15) is 39.3 Å². The number of ether oxygens (including phenoxy) is 5. The zero-order valence-electron chi connectivity index (χ0n) is 39.7. The van der Waals surface area contributed by atoms with E-state index in [2.05, 4.69) is 0 Å². The van der Waals surface area contributed by atoms with Gasteiger partial charge in [0.05, 0.1) is 24.4 Å². The number of esters is 1. The van der Waals surface area contributed by atoms with Gasteiger partial charge in [0.2, 0.25) is 5.79 Å². The van der Waals surface area contributed by atoms with Crippen molar-refractivity contribution < 1.29 is 63.0 Å². The molecule has 0 aromatic rings. The number of carbonyl (C=O) groups excluding carboxylic acids is 5. The number of hydrogen-bond acceptors (Lipinski definition) is 13. The SMILES string of the molecule is CO[C@H]1C[C@@H]2CC[C@@H](C)[C@@](O)(O2)C(=O)C(=O)N2CCCCC2C(=O)O[C@H]([C@H](C)CC2CC[C@@H](O)[C@H](OC)C2)CC(=O)[C@H](C)/C=C/[C@@H](O)[C@@H](OC)C(=O)[C@H](C)C[C@H](C)/C=C/C=C/C=C/1C. The lowest BCUT2D eigenvalue weighted by atomic mass is 9.78. The molecule has 3 N–H and O–H groups in total. The van der Waals surface area contributed by atoms with Gasteiger partial charge in [0.25, 0.3) is 11.7 Å². The Bertz CT molecular complexity index is 1710. The molecule has 3 aliphatic heterocycles. The second kappa shape index (κ2) is 25.0. The first-order chi connectivity index (χ1) is 30.3. The lowest BCUT2D eigenvalue weighted by molar-refractivity contribution is -0.265. The molecule has 1 aliphatic carbocycles. The maximum atomic E-state index is 14.3. The number of cyclic esters (lactones) is 1. The molecule has 64 heavy (non-hydrogen) atoms. The molecular weight excluding hydrogens is 823 g/mol. The lowest BCUT2D eigenvalue weighted by Crippen LogP contribution is -2.61. The van der Waals surface area contributed by atoms with Crippen LogP contribution >= 0.6 is 0 Å². The maximum absolute atomic E-state index is 14.3. The molecule has 4 aliphatic rings. The zero-order valence-corrected chi connectivity index (χ0v) is 39.7. The van der Waals surface area contributed by atoms with Crippen molar-refractivity contribution in [1.29, 1.82) is 0 Å². The van der Waals surface area contributed by atoms with Gasteiger partial charge in [0.1, 0.15) is 30.1 Å². The summed E-state index contributed by atoms with van der Waals surface area (Å²) in [5, 5.41) is 33.5. The lowest BCUT2D eigenvalue weighted by Gasteiger charge is -2.42. The number of piperidine rings is 1. The number of ketones is 3. The Hall–Kier alpha value is -3.37. The second-order valence-corrected chi connectivity index (χ2v) is 19.1. The fraction of sp³-hybridized carbons (Fsp3) is 0.740. The van der Waals surface area contributed by atoms with E-state index in [1.807, 2.05) is 51.2 Å². The van der Waals surface area contributed by atoms with Crippen molar-refractivity contribution in [3.05, 3.63) is 48.1 Å². The highest BCUT2D eigenvalue weighted by atomic mass is 16.6. The minimum atomic E-state index is -2.43. The van der Waals surface area contributed by atoms with Gasteiger partial charge >= 0.3 is 5.97 Å². The Morgan fingerprint density at radius 3 is 2.27 bits per heavy atom. The monoisotopic (exact) mass is 900 g/mol. The first-order valence-electron chi connectivity index (χ1n) is 23.5. The van der Waals surface area contributed by atoms with Crippen LogP contribution in [-0.2, 0) is 47.7 Å². The van der Waals surface area contributed by atoms with Crippen molar-refractivity contribution >= 4 is 29.2 Å². The van der Waals surface area contributed by atoms with Crippen LogP contribution in [0.1, 0.15) is 119 Å². The van der Waals surface area contributed by atoms with E-state index in [0.717, 1.165) is 12.0 Å². The molecule has 4 rings (SSSR count). The highest BCUT2D eigenvalue weighted by Crippen LogP contribution is 2.37. The predicted octanol–water partition coefficient (Wildman–Crippen LogP) is 5.79. The summed E-state index contributed by atoms with van der Waals surface area (Å²) in [7, 11) is 4.50. The highest BCUT2D eigenvalue weighted by molar-refractivity contribution is 6.39. The Morgan fingerprint density at radius 2 is 1.58 bits per heavy atom. The number of hydrogen-bond donors (Lipinski definition) is 3. The average molecular weight is 900 g/mol. The molecule has 0 spiro atoms. The van der Waals surface area contributed by atoms with Crippen molar-refractivity contribution in [2.24, 2.45) is 35.5 Å². The van der Waals surface area contributed by atoms with E-state index in [-0.39, 0.29) is 54.8 Å². The van der Waals surface area contributed by atoms with Gasteiger partial charge in [0.15, 0.2) is 5.78 Å². The van der Waals surface area contributed by atoms with Crippen LogP contribution < -0.4 is 0 Å². The number of fused-ring (bicyclic) bond motifs is 3. The number of Topliss-reactive ketones (excluding diaryl/α,β-unsaturated/α-hetero) is 3. The Morgan fingerprint density at radius 1 is 0.844 bits per heavy atom. The molecular formula is C50H77NO13. The molecule has 2 bridgehead atoms. The van der Waals surface area contributed by atoms with E-state index >= 15 is 0 Å². The topological polar surface area (TPSA) is 195 Å². The van der Waals surface area contributed by atoms with Crippen LogP contribution in [-0.4, -0.2) is 132 Å². The van der Waals surface area contributed by atoms with Gasteiger partial charge in [-0.15, -0.1) is 0 Å². The van der Waals surface area contributed by atoms with Crippen molar-refractivity contribution in [2.45, 2.75) is 173 Å². The quantitative estimate of drug-likeness (QED) is 0.165. The fourth-order valence-electron chi connectivity index (χ4n) is 9.80.